The first kappa shape index (κ1) is 17.6. The molecule has 1 unspecified atom stereocenters. The number of hydrogen-bond donors (Lipinski definition) is 2. The predicted octanol–water partition coefficient (Wildman–Crippen LogP) is 3.13. The van der Waals surface area contributed by atoms with E-state index in [9.17, 15) is 17.2 Å². The van der Waals surface area contributed by atoms with E-state index in [2.05, 4.69) is 4.72 Å². The molecule has 0 bridgehead atoms. The van der Waals surface area contributed by atoms with Crippen molar-refractivity contribution in [3.8, 4) is 5.75 Å². The van der Waals surface area contributed by atoms with Crippen molar-refractivity contribution < 1.29 is 21.9 Å². The molecule has 8 heteroatoms. The summed E-state index contributed by atoms with van der Waals surface area (Å²) in [6.07, 6.45) is 0.305. The van der Waals surface area contributed by atoms with Crippen LogP contribution in [-0.4, -0.2) is 14.0 Å². The van der Waals surface area contributed by atoms with E-state index in [-0.39, 0.29) is 0 Å². The second-order valence-electron chi connectivity index (χ2n) is 6.61. The fourth-order valence-electron chi connectivity index (χ4n) is 2.91. The highest BCUT2D eigenvalue weighted by atomic mass is 32.2. The number of sulfonamides is 1. The van der Waals surface area contributed by atoms with E-state index in [1.807, 2.05) is 13.8 Å². The van der Waals surface area contributed by atoms with E-state index in [4.69, 9.17) is 10.5 Å². The Balaban J connectivity index is 2.02. The van der Waals surface area contributed by atoms with Crippen molar-refractivity contribution in [3.63, 3.8) is 0 Å². The number of halogens is 2. The molecular weight excluding hydrogens is 350 g/mol. The molecule has 0 spiro atoms. The average molecular weight is 368 g/mol. The SMILES string of the molecule is CC1(C)CC(NS(=O)(=O)c2cc(F)ccc2F)c2cc(N)ccc2O1. The van der Waals surface area contributed by atoms with E-state index in [0.717, 1.165) is 12.1 Å². The van der Waals surface area contributed by atoms with Crippen molar-refractivity contribution in [1.29, 1.82) is 0 Å². The third-order valence-corrected chi connectivity index (χ3v) is 5.46. The molecule has 0 fully saturated rings. The normalized spacial score (nSPS) is 19.1. The number of nitrogens with one attached hydrogen (secondary N) is 1. The highest BCUT2D eigenvalue weighted by Crippen LogP contribution is 2.41. The topological polar surface area (TPSA) is 81.4 Å². The molecule has 1 aliphatic rings. The minimum absolute atomic E-state index is 0.305. The van der Waals surface area contributed by atoms with Crippen LogP contribution in [0.4, 0.5) is 14.5 Å². The van der Waals surface area contributed by atoms with E-state index < -0.39 is 38.2 Å². The molecule has 0 aromatic heterocycles. The maximum absolute atomic E-state index is 13.9. The van der Waals surface area contributed by atoms with Gasteiger partial charge in [-0.1, -0.05) is 0 Å². The van der Waals surface area contributed by atoms with Gasteiger partial charge in [0.25, 0.3) is 0 Å². The summed E-state index contributed by atoms with van der Waals surface area (Å²) >= 11 is 0. The van der Waals surface area contributed by atoms with Gasteiger partial charge < -0.3 is 10.5 Å². The van der Waals surface area contributed by atoms with Gasteiger partial charge in [-0.3, -0.25) is 0 Å². The van der Waals surface area contributed by atoms with Crippen molar-refractivity contribution in [2.75, 3.05) is 5.73 Å². The monoisotopic (exact) mass is 368 g/mol. The van der Waals surface area contributed by atoms with Crippen LogP contribution < -0.4 is 15.2 Å². The first-order valence-electron chi connectivity index (χ1n) is 7.63. The zero-order valence-electron chi connectivity index (χ0n) is 13.7. The molecule has 0 saturated heterocycles. The molecule has 1 aliphatic heterocycles. The first-order chi connectivity index (χ1) is 11.6. The zero-order chi connectivity index (χ0) is 18.4. The Morgan fingerprint density at radius 2 is 1.92 bits per heavy atom. The molecule has 2 aromatic rings. The van der Waals surface area contributed by atoms with Gasteiger partial charge in [-0.2, -0.15) is 0 Å². The summed E-state index contributed by atoms with van der Waals surface area (Å²) in [6.45, 7) is 3.63. The lowest BCUT2D eigenvalue weighted by Gasteiger charge is -2.37. The molecule has 0 radical (unpaired) electrons. The standard InChI is InChI=1S/C17H18F2N2O3S/c1-17(2)9-14(12-8-11(20)4-6-15(12)24-17)21-25(22,23)16-7-10(18)3-5-13(16)19/h3-8,14,21H,9,20H2,1-2H3. The predicted molar refractivity (Wildman–Crippen MR) is 89.6 cm³/mol. The lowest BCUT2D eigenvalue weighted by atomic mass is 9.90. The fraction of sp³-hybridized carbons (Fsp3) is 0.294. The zero-order valence-corrected chi connectivity index (χ0v) is 14.5. The summed E-state index contributed by atoms with van der Waals surface area (Å²) in [5.41, 5.74) is 6.15. The smallest absolute Gasteiger partial charge is 0.244 e. The van der Waals surface area contributed by atoms with Crippen LogP contribution in [-0.2, 0) is 10.0 Å². The molecule has 0 amide bonds. The number of fused-ring (bicyclic) bond motifs is 1. The van der Waals surface area contributed by atoms with Gasteiger partial charge in [-0.25, -0.2) is 21.9 Å². The second kappa shape index (κ2) is 5.96. The Morgan fingerprint density at radius 3 is 2.64 bits per heavy atom. The molecule has 0 aliphatic carbocycles. The van der Waals surface area contributed by atoms with E-state index in [1.54, 1.807) is 18.2 Å². The Morgan fingerprint density at radius 1 is 1.20 bits per heavy atom. The van der Waals surface area contributed by atoms with Gasteiger partial charge in [0.15, 0.2) is 0 Å². The molecule has 3 N–H and O–H groups in total. The number of ether oxygens (including phenoxy) is 1. The molecule has 134 valence electrons. The maximum atomic E-state index is 13.9. The quantitative estimate of drug-likeness (QED) is 0.816. The average Bonchev–Trinajstić information content (AvgIpc) is 2.49. The maximum Gasteiger partial charge on any atom is 0.244 e. The number of nitrogens with two attached hydrogens (primary N) is 1. The number of anilines is 1. The van der Waals surface area contributed by atoms with Crippen molar-refractivity contribution >= 4 is 15.7 Å². The molecule has 1 atom stereocenters. The van der Waals surface area contributed by atoms with Gasteiger partial charge >= 0.3 is 0 Å². The Labute approximate surface area is 144 Å². The summed E-state index contributed by atoms with van der Waals surface area (Å²) in [7, 11) is -4.28. The van der Waals surface area contributed by atoms with Crippen LogP contribution in [0.3, 0.4) is 0 Å². The van der Waals surface area contributed by atoms with Crippen LogP contribution in [0.25, 0.3) is 0 Å². The number of hydrogen-bond acceptors (Lipinski definition) is 4. The van der Waals surface area contributed by atoms with Gasteiger partial charge in [-0.15, -0.1) is 0 Å². The largest absolute Gasteiger partial charge is 0.487 e. The minimum atomic E-state index is -4.28. The summed E-state index contributed by atoms with van der Waals surface area (Å²) in [4.78, 5) is -0.734. The molecule has 5 nitrogen and oxygen atoms in total. The van der Waals surface area contributed by atoms with Crippen LogP contribution in [0.1, 0.15) is 31.9 Å². The van der Waals surface area contributed by atoms with Crippen LogP contribution in [0, 0.1) is 11.6 Å². The first-order valence-corrected chi connectivity index (χ1v) is 9.11. The lowest BCUT2D eigenvalue weighted by molar-refractivity contribution is 0.0702. The molecule has 2 aromatic carbocycles. The highest BCUT2D eigenvalue weighted by molar-refractivity contribution is 7.89. The van der Waals surface area contributed by atoms with Crippen LogP contribution in [0.15, 0.2) is 41.3 Å². The van der Waals surface area contributed by atoms with Gasteiger partial charge in [-0.05, 0) is 50.2 Å². The molecule has 0 saturated carbocycles. The van der Waals surface area contributed by atoms with Crippen molar-refractivity contribution in [2.24, 2.45) is 0 Å². The Bertz CT molecular complexity index is 929. The summed E-state index contributed by atoms with van der Waals surface area (Å²) in [5, 5.41) is 0. The van der Waals surface area contributed by atoms with Gasteiger partial charge in [0.2, 0.25) is 10.0 Å². The molecule has 3 rings (SSSR count). The fourth-order valence-corrected chi connectivity index (χ4v) is 4.22. The number of rotatable bonds is 3. The number of nitrogen functional groups attached to an aromatic ring is 1. The highest BCUT2D eigenvalue weighted by Gasteiger charge is 2.36. The third kappa shape index (κ3) is 3.59. The second-order valence-corrected chi connectivity index (χ2v) is 8.29. The minimum Gasteiger partial charge on any atom is -0.487 e. The van der Waals surface area contributed by atoms with Gasteiger partial charge in [0, 0.05) is 17.7 Å². The molecule has 25 heavy (non-hydrogen) atoms. The van der Waals surface area contributed by atoms with Crippen molar-refractivity contribution in [1.82, 2.24) is 4.72 Å². The summed E-state index contributed by atoms with van der Waals surface area (Å²) in [6, 6.07) is 6.54. The Hall–Kier alpha value is -2.19. The van der Waals surface area contributed by atoms with E-state index in [0.29, 0.717) is 29.5 Å². The Kier molecular flexibility index (Phi) is 4.20. The third-order valence-electron chi connectivity index (χ3n) is 3.97. The lowest BCUT2D eigenvalue weighted by Crippen LogP contribution is -2.41. The molecular formula is C17H18F2N2O3S. The number of benzene rings is 2. The van der Waals surface area contributed by atoms with Gasteiger partial charge in [0.1, 0.15) is 27.9 Å². The van der Waals surface area contributed by atoms with Gasteiger partial charge in [0.05, 0.1) is 6.04 Å². The van der Waals surface area contributed by atoms with Crippen LogP contribution in [0.5, 0.6) is 5.75 Å². The van der Waals surface area contributed by atoms with Crippen molar-refractivity contribution in [3.05, 3.63) is 53.6 Å². The van der Waals surface area contributed by atoms with E-state index in [1.165, 1.54) is 0 Å². The summed E-state index contributed by atoms with van der Waals surface area (Å²) in [5.74, 6) is -1.36. The molecule has 1 heterocycles. The van der Waals surface area contributed by atoms with Crippen LogP contribution in [0.2, 0.25) is 0 Å². The van der Waals surface area contributed by atoms with Crippen molar-refractivity contribution in [2.45, 2.75) is 36.8 Å². The van der Waals surface area contributed by atoms with Crippen LogP contribution >= 0.6 is 0 Å². The van der Waals surface area contributed by atoms with E-state index >= 15 is 0 Å². The summed E-state index contributed by atoms with van der Waals surface area (Å²) < 4.78 is 60.7.